The molecule has 4 rings (SSSR count). The van der Waals surface area contributed by atoms with Gasteiger partial charge in [-0.2, -0.15) is 0 Å². The van der Waals surface area contributed by atoms with Gasteiger partial charge in [-0.3, -0.25) is 4.79 Å². The van der Waals surface area contributed by atoms with Crippen LogP contribution in [0.15, 0.2) is 51.2 Å². The first-order valence-corrected chi connectivity index (χ1v) is 7.73. The number of benzene rings is 1. The van der Waals surface area contributed by atoms with Gasteiger partial charge in [0.15, 0.2) is 0 Å². The van der Waals surface area contributed by atoms with E-state index in [4.69, 9.17) is 4.42 Å². The first-order chi connectivity index (χ1) is 10.7. The molecule has 0 saturated heterocycles. The van der Waals surface area contributed by atoms with Crippen molar-refractivity contribution in [3.05, 3.63) is 63.7 Å². The van der Waals surface area contributed by atoms with Crippen molar-refractivity contribution in [1.82, 2.24) is 9.97 Å². The number of furan rings is 1. The van der Waals surface area contributed by atoms with Crippen LogP contribution < -0.4 is 5.56 Å². The molecule has 5 heteroatoms. The van der Waals surface area contributed by atoms with Crippen LogP contribution in [-0.2, 0) is 0 Å². The summed E-state index contributed by atoms with van der Waals surface area (Å²) >= 11 is 1.47. The highest BCUT2D eigenvalue weighted by Gasteiger charge is 2.08. The molecule has 0 bridgehead atoms. The Morgan fingerprint density at radius 2 is 2.14 bits per heavy atom. The van der Waals surface area contributed by atoms with Crippen molar-refractivity contribution in [1.29, 1.82) is 0 Å². The van der Waals surface area contributed by atoms with Gasteiger partial charge in [-0.15, -0.1) is 11.3 Å². The molecule has 0 fully saturated rings. The molecule has 0 saturated carbocycles. The maximum absolute atomic E-state index is 12.0. The van der Waals surface area contributed by atoms with Crippen LogP contribution in [0.1, 0.15) is 18.3 Å². The predicted molar refractivity (Wildman–Crippen MR) is 90.0 cm³/mol. The Bertz CT molecular complexity index is 1070. The predicted octanol–water partition coefficient (Wildman–Crippen LogP) is 4.29. The molecule has 0 aliphatic carbocycles. The molecule has 0 atom stereocenters. The normalized spacial score (nSPS) is 12.3. The summed E-state index contributed by atoms with van der Waals surface area (Å²) in [6, 6.07) is 9.65. The monoisotopic (exact) mass is 308 g/mol. The molecule has 3 heterocycles. The van der Waals surface area contributed by atoms with E-state index in [1.165, 1.54) is 11.3 Å². The Labute approximate surface area is 129 Å². The minimum atomic E-state index is -0.106. The van der Waals surface area contributed by atoms with Crippen molar-refractivity contribution in [2.24, 2.45) is 0 Å². The number of thiophene rings is 1. The molecule has 22 heavy (non-hydrogen) atoms. The maximum Gasteiger partial charge on any atom is 0.259 e. The quantitative estimate of drug-likeness (QED) is 0.601. The largest absolute Gasteiger partial charge is 0.464 e. The minimum Gasteiger partial charge on any atom is -0.464 e. The van der Waals surface area contributed by atoms with Gasteiger partial charge in [0, 0.05) is 10.9 Å². The standard InChI is InChI=1S/C17H12N2O2S/c1-10(8-11-9-21-14-5-3-2-4-12(11)14)15-18-16(20)13-6-7-22-17(13)19-15/h2-9H,1H3,(H,18,19,20)/b10-8+. The van der Waals surface area contributed by atoms with Crippen LogP contribution in [0.25, 0.3) is 32.8 Å². The molecule has 0 amide bonds. The number of nitrogens with zero attached hydrogens (tertiary/aromatic N) is 1. The summed E-state index contributed by atoms with van der Waals surface area (Å²) < 4.78 is 5.53. The summed E-state index contributed by atoms with van der Waals surface area (Å²) in [5.41, 5.74) is 2.60. The average molecular weight is 308 g/mol. The molecule has 1 N–H and O–H groups in total. The Kier molecular flexibility index (Phi) is 2.94. The van der Waals surface area contributed by atoms with Gasteiger partial charge in [0.25, 0.3) is 5.56 Å². The lowest BCUT2D eigenvalue weighted by atomic mass is 10.1. The van der Waals surface area contributed by atoms with E-state index in [0.717, 1.165) is 26.9 Å². The van der Waals surface area contributed by atoms with Crippen LogP contribution in [0.3, 0.4) is 0 Å². The second-order valence-electron chi connectivity index (χ2n) is 5.07. The van der Waals surface area contributed by atoms with Crippen molar-refractivity contribution >= 4 is 44.2 Å². The summed E-state index contributed by atoms with van der Waals surface area (Å²) in [6.45, 7) is 1.93. The zero-order valence-corrected chi connectivity index (χ0v) is 12.6. The summed E-state index contributed by atoms with van der Waals surface area (Å²) in [5, 5.41) is 3.55. The highest BCUT2D eigenvalue weighted by atomic mass is 32.1. The zero-order chi connectivity index (χ0) is 15.1. The van der Waals surface area contributed by atoms with E-state index in [-0.39, 0.29) is 5.56 Å². The fourth-order valence-electron chi connectivity index (χ4n) is 2.46. The summed E-state index contributed by atoms with van der Waals surface area (Å²) in [5.74, 6) is 0.588. The van der Waals surface area contributed by atoms with E-state index < -0.39 is 0 Å². The van der Waals surface area contributed by atoms with Crippen molar-refractivity contribution in [3.8, 4) is 0 Å². The van der Waals surface area contributed by atoms with Crippen LogP contribution in [0.4, 0.5) is 0 Å². The number of rotatable bonds is 2. The molecule has 3 aromatic heterocycles. The molecule has 0 radical (unpaired) electrons. The van der Waals surface area contributed by atoms with Crippen molar-refractivity contribution < 1.29 is 4.42 Å². The smallest absolute Gasteiger partial charge is 0.259 e. The number of fused-ring (bicyclic) bond motifs is 2. The van der Waals surface area contributed by atoms with Crippen molar-refractivity contribution in [2.75, 3.05) is 0 Å². The Morgan fingerprint density at radius 1 is 1.27 bits per heavy atom. The zero-order valence-electron chi connectivity index (χ0n) is 11.8. The summed E-state index contributed by atoms with van der Waals surface area (Å²) in [4.78, 5) is 20.2. The molecule has 0 unspecified atom stereocenters. The van der Waals surface area contributed by atoms with E-state index >= 15 is 0 Å². The van der Waals surface area contributed by atoms with Gasteiger partial charge >= 0.3 is 0 Å². The van der Waals surface area contributed by atoms with Crippen LogP contribution in [0, 0.1) is 0 Å². The van der Waals surface area contributed by atoms with Gasteiger partial charge in [0.05, 0.1) is 11.6 Å². The Hall–Kier alpha value is -2.66. The average Bonchev–Trinajstić information content (AvgIpc) is 3.15. The number of nitrogens with one attached hydrogen (secondary N) is 1. The SMILES string of the molecule is C/C(=C\c1coc2ccccc12)c1nc2sccc2c(=O)[nH]1. The number of H-pyrrole nitrogens is 1. The molecule has 1 aromatic carbocycles. The highest BCUT2D eigenvalue weighted by molar-refractivity contribution is 7.16. The van der Waals surface area contributed by atoms with E-state index in [9.17, 15) is 4.79 Å². The van der Waals surface area contributed by atoms with Crippen LogP contribution >= 0.6 is 11.3 Å². The summed E-state index contributed by atoms with van der Waals surface area (Å²) in [7, 11) is 0. The molecule has 4 nitrogen and oxygen atoms in total. The van der Waals surface area contributed by atoms with Gasteiger partial charge in [-0.25, -0.2) is 4.98 Å². The minimum absolute atomic E-state index is 0.106. The Morgan fingerprint density at radius 3 is 3.05 bits per heavy atom. The maximum atomic E-state index is 12.0. The second-order valence-corrected chi connectivity index (χ2v) is 5.96. The number of allylic oxidation sites excluding steroid dienone is 1. The number of hydrogen-bond donors (Lipinski definition) is 1. The van der Waals surface area contributed by atoms with E-state index in [1.807, 2.05) is 42.6 Å². The Balaban J connectivity index is 1.85. The summed E-state index contributed by atoms with van der Waals surface area (Å²) in [6.07, 6.45) is 3.69. The lowest BCUT2D eigenvalue weighted by molar-refractivity contribution is 0.615. The molecule has 4 aromatic rings. The lowest BCUT2D eigenvalue weighted by Gasteiger charge is -2.00. The third kappa shape index (κ3) is 2.07. The molecular weight excluding hydrogens is 296 g/mol. The van der Waals surface area contributed by atoms with Crippen LogP contribution in [-0.4, -0.2) is 9.97 Å². The van der Waals surface area contributed by atoms with Gasteiger partial charge in [0.2, 0.25) is 0 Å². The molecule has 108 valence electrons. The molecule has 0 aliphatic rings. The van der Waals surface area contributed by atoms with E-state index in [2.05, 4.69) is 9.97 Å². The van der Waals surface area contributed by atoms with Gasteiger partial charge < -0.3 is 9.40 Å². The molecule has 0 aliphatic heterocycles. The van der Waals surface area contributed by atoms with Gasteiger partial charge in [-0.1, -0.05) is 18.2 Å². The van der Waals surface area contributed by atoms with Crippen molar-refractivity contribution in [2.45, 2.75) is 6.92 Å². The van der Waals surface area contributed by atoms with Gasteiger partial charge in [-0.05, 0) is 36.1 Å². The third-order valence-corrected chi connectivity index (χ3v) is 4.40. The number of para-hydroxylation sites is 1. The van der Waals surface area contributed by atoms with Crippen molar-refractivity contribution in [3.63, 3.8) is 0 Å². The number of hydrogen-bond acceptors (Lipinski definition) is 4. The first kappa shape index (κ1) is 13.0. The first-order valence-electron chi connectivity index (χ1n) is 6.85. The number of aromatic amines is 1. The third-order valence-electron chi connectivity index (χ3n) is 3.59. The lowest BCUT2D eigenvalue weighted by Crippen LogP contribution is -2.09. The topological polar surface area (TPSA) is 58.9 Å². The van der Waals surface area contributed by atoms with E-state index in [0.29, 0.717) is 11.2 Å². The molecule has 0 spiro atoms. The van der Waals surface area contributed by atoms with Crippen LogP contribution in [0.2, 0.25) is 0 Å². The molecular formula is C17H12N2O2S. The second kappa shape index (κ2) is 4.96. The fourth-order valence-corrected chi connectivity index (χ4v) is 3.23. The van der Waals surface area contributed by atoms with Crippen LogP contribution in [0.5, 0.6) is 0 Å². The fraction of sp³-hybridized carbons (Fsp3) is 0.0588. The van der Waals surface area contributed by atoms with Gasteiger partial charge in [0.1, 0.15) is 16.2 Å². The highest BCUT2D eigenvalue weighted by Crippen LogP contribution is 2.25. The van der Waals surface area contributed by atoms with E-state index in [1.54, 1.807) is 12.3 Å². The number of aromatic nitrogens is 2.